The lowest BCUT2D eigenvalue weighted by Gasteiger charge is -2.38. The molecular weight excluding hydrogens is 244 g/mol. The summed E-state index contributed by atoms with van der Waals surface area (Å²) in [4.78, 5) is 26.1. The third-order valence-electron chi connectivity index (χ3n) is 3.58. The van der Waals surface area contributed by atoms with Crippen molar-refractivity contribution in [3.05, 3.63) is 29.8 Å². The maximum absolute atomic E-state index is 11.8. The number of anilines is 1. The molecule has 1 amide bonds. The molecule has 1 aliphatic rings. The molecule has 2 rings (SSSR count). The molecule has 1 aromatic carbocycles. The average Bonchev–Trinajstić information content (AvgIpc) is 2.41. The minimum atomic E-state index is -0.967. The molecule has 0 saturated carbocycles. The van der Waals surface area contributed by atoms with Crippen LogP contribution in [0.5, 0.6) is 0 Å². The summed E-state index contributed by atoms with van der Waals surface area (Å²) >= 11 is 0. The van der Waals surface area contributed by atoms with Gasteiger partial charge < -0.3 is 14.9 Å². The lowest BCUT2D eigenvalue weighted by atomic mass is 10.1. The Morgan fingerprint density at radius 2 is 2.00 bits per heavy atom. The molecule has 19 heavy (non-hydrogen) atoms. The first-order chi connectivity index (χ1) is 9.02. The summed E-state index contributed by atoms with van der Waals surface area (Å²) < 4.78 is 0. The highest BCUT2D eigenvalue weighted by Crippen LogP contribution is 2.20. The minimum Gasteiger partial charge on any atom is -0.480 e. The van der Waals surface area contributed by atoms with Gasteiger partial charge in [0.05, 0.1) is 6.54 Å². The molecular formula is C14H18N2O3. The van der Waals surface area contributed by atoms with E-state index >= 15 is 0 Å². The largest absolute Gasteiger partial charge is 0.480 e. The third-order valence-corrected chi connectivity index (χ3v) is 3.58. The van der Waals surface area contributed by atoms with Gasteiger partial charge in [-0.3, -0.25) is 4.79 Å². The van der Waals surface area contributed by atoms with Gasteiger partial charge in [0.1, 0.15) is 6.04 Å². The van der Waals surface area contributed by atoms with Crippen molar-refractivity contribution in [2.45, 2.75) is 19.4 Å². The number of benzene rings is 1. The molecule has 1 unspecified atom stereocenters. The van der Waals surface area contributed by atoms with Crippen LogP contribution in [0, 0.1) is 0 Å². The molecule has 5 heteroatoms. The number of aliphatic carboxylic acids is 1. The first-order valence-electron chi connectivity index (χ1n) is 6.35. The summed E-state index contributed by atoms with van der Waals surface area (Å²) in [5, 5.41) is 9.15. The predicted molar refractivity (Wildman–Crippen MR) is 72.2 cm³/mol. The summed E-state index contributed by atoms with van der Waals surface area (Å²) in [6.45, 7) is 2.63. The van der Waals surface area contributed by atoms with Gasteiger partial charge in [-0.05, 0) is 24.1 Å². The number of rotatable bonds is 3. The molecule has 1 fully saturated rings. The Hall–Kier alpha value is -2.04. The van der Waals surface area contributed by atoms with Gasteiger partial charge in [-0.25, -0.2) is 4.79 Å². The molecule has 0 spiro atoms. The predicted octanol–water partition coefficient (Wildman–Crippen LogP) is 0.981. The molecule has 0 bridgehead atoms. The van der Waals surface area contributed by atoms with Crippen LogP contribution in [0.3, 0.4) is 0 Å². The number of carboxylic acids is 1. The van der Waals surface area contributed by atoms with E-state index in [1.165, 1.54) is 10.5 Å². The Morgan fingerprint density at radius 3 is 2.53 bits per heavy atom. The second kappa shape index (κ2) is 5.30. The Labute approximate surface area is 112 Å². The summed E-state index contributed by atoms with van der Waals surface area (Å²) in [6.07, 6.45) is 0.958. The summed E-state index contributed by atoms with van der Waals surface area (Å²) in [5.74, 6) is -1.14. The monoisotopic (exact) mass is 262 g/mol. The van der Waals surface area contributed by atoms with Crippen molar-refractivity contribution in [1.29, 1.82) is 0 Å². The lowest BCUT2D eigenvalue weighted by Crippen LogP contribution is -2.57. The van der Waals surface area contributed by atoms with E-state index in [-0.39, 0.29) is 12.5 Å². The second-order valence-corrected chi connectivity index (χ2v) is 4.76. The number of carbonyl (C=O) groups excluding carboxylic acids is 1. The topological polar surface area (TPSA) is 60.9 Å². The number of amides is 1. The van der Waals surface area contributed by atoms with Crippen molar-refractivity contribution in [3.8, 4) is 0 Å². The van der Waals surface area contributed by atoms with E-state index in [2.05, 4.69) is 6.92 Å². The SMILES string of the molecule is CCc1ccc(N2CC(=O)N(C)C(C(=O)O)C2)cc1. The molecule has 1 N–H and O–H groups in total. The summed E-state index contributed by atoms with van der Waals surface area (Å²) in [7, 11) is 1.54. The molecule has 1 heterocycles. The summed E-state index contributed by atoms with van der Waals surface area (Å²) in [6, 6.07) is 7.11. The number of hydrogen-bond acceptors (Lipinski definition) is 3. The fourth-order valence-electron chi connectivity index (χ4n) is 2.23. The first kappa shape index (κ1) is 13.4. The van der Waals surface area contributed by atoms with Gasteiger partial charge in [0, 0.05) is 19.3 Å². The molecule has 0 aliphatic carbocycles. The number of hydrogen-bond donors (Lipinski definition) is 1. The maximum Gasteiger partial charge on any atom is 0.328 e. The van der Waals surface area contributed by atoms with Crippen LogP contribution in [0.1, 0.15) is 12.5 Å². The highest BCUT2D eigenvalue weighted by Gasteiger charge is 2.34. The van der Waals surface area contributed by atoms with Crippen molar-refractivity contribution in [2.75, 3.05) is 25.0 Å². The highest BCUT2D eigenvalue weighted by atomic mass is 16.4. The van der Waals surface area contributed by atoms with Crippen LogP contribution in [0.25, 0.3) is 0 Å². The molecule has 102 valence electrons. The molecule has 1 atom stereocenters. The Kier molecular flexibility index (Phi) is 3.74. The van der Waals surface area contributed by atoms with Crippen molar-refractivity contribution in [3.63, 3.8) is 0 Å². The van der Waals surface area contributed by atoms with E-state index in [1.807, 2.05) is 29.2 Å². The van der Waals surface area contributed by atoms with Crippen LogP contribution in [0.15, 0.2) is 24.3 Å². The normalized spacial score (nSPS) is 19.7. The molecule has 1 saturated heterocycles. The smallest absolute Gasteiger partial charge is 0.328 e. The average molecular weight is 262 g/mol. The zero-order valence-corrected chi connectivity index (χ0v) is 11.2. The van der Waals surface area contributed by atoms with Gasteiger partial charge in [0.2, 0.25) is 5.91 Å². The number of likely N-dealkylation sites (N-methyl/N-ethyl adjacent to an activating group) is 1. The van der Waals surface area contributed by atoms with Crippen molar-refractivity contribution < 1.29 is 14.7 Å². The van der Waals surface area contributed by atoms with Crippen LogP contribution in [-0.2, 0) is 16.0 Å². The standard InChI is InChI=1S/C14H18N2O3/c1-3-10-4-6-11(7-5-10)16-8-12(14(18)19)15(2)13(17)9-16/h4-7,12H,3,8-9H2,1-2H3,(H,18,19). The zero-order valence-electron chi connectivity index (χ0n) is 11.2. The molecule has 1 aliphatic heterocycles. The van der Waals surface area contributed by atoms with E-state index in [9.17, 15) is 9.59 Å². The van der Waals surface area contributed by atoms with Gasteiger partial charge in [-0.2, -0.15) is 0 Å². The number of carboxylic acid groups (broad SMARTS) is 1. The Morgan fingerprint density at radius 1 is 1.37 bits per heavy atom. The Balaban J connectivity index is 2.20. The summed E-state index contributed by atoms with van der Waals surface area (Å²) in [5.41, 5.74) is 2.11. The fraction of sp³-hybridized carbons (Fsp3) is 0.429. The number of piperazine rings is 1. The molecule has 0 aromatic heterocycles. The third kappa shape index (κ3) is 2.70. The highest BCUT2D eigenvalue weighted by molar-refractivity contribution is 5.89. The van der Waals surface area contributed by atoms with Crippen molar-refractivity contribution >= 4 is 17.6 Å². The molecule has 5 nitrogen and oxygen atoms in total. The van der Waals surface area contributed by atoms with Gasteiger partial charge >= 0.3 is 5.97 Å². The van der Waals surface area contributed by atoms with E-state index < -0.39 is 12.0 Å². The van der Waals surface area contributed by atoms with Crippen LogP contribution < -0.4 is 4.90 Å². The van der Waals surface area contributed by atoms with Crippen LogP contribution in [0.2, 0.25) is 0 Å². The second-order valence-electron chi connectivity index (χ2n) is 4.76. The number of carbonyl (C=O) groups is 2. The maximum atomic E-state index is 11.8. The van der Waals surface area contributed by atoms with E-state index in [4.69, 9.17) is 5.11 Å². The van der Waals surface area contributed by atoms with Crippen molar-refractivity contribution in [1.82, 2.24) is 4.90 Å². The zero-order chi connectivity index (χ0) is 14.0. The quantitative estimate of drug-likeness (QED) is 0.882. The van der Waals surface area contributed by atoms with E-state index in [0.717, 1.165) is 12.1 Å². The lowest BCUT2D eigenvalue weighted by molar-refractivity contribution is -0.149. The van der Waals surface area contributed by atoms with E-state index in [1.54, 1.807) is 7.05 Å². The van der Waals surface area contributed by atoms with Crippen LogP contribution >= 0.6 is 0 Å². The van der Waals surface area contributed by atoms with Gasteiger partial charge in [0.25, 0.3) is 0 Å². The molecule has 1 aromatic rings. The van der Waals surface area contributed by atoms with Gasteiger partial charge in [0.15, 0.2) is 0 Å². The fourth-order valence-corrected chi connectivity index (χ4v) is 2.23. The van der Waals surface area contributed by atoms with Crippen LogP contribution in [-0.4, -0.2) is 48.1 Å². The minimum absolute atomic E-state index is 0.168. The van der Waals surface area contributed by atoms with Gasteiger partial charge in [-0.15, -0.1) is 0 Å². The van der Waals surface area contributed by atoms with Crippen molar-refractivity contribution in [2.24, 2.45) is 0 Å². The van der Waals surface area contributed by atoms with Crippen LogP contribution in [0.4, 0.5) is 5.69 Å². The van der Waals surface area contributed by atoms with Gasteiger partial charge in [-0.1, -0.05) is 19.1 Å². The first-order valence-corrected chi connectivity index (χ1v) is 6.35. The van der Waals surface area contributed by atoms with E-state index in [0.29, 0.717) is 6.54 Å². The Bertz CT molecular complexity index is 484. The number of nitrogens with zero attached hydrogens (tertiary/aromatic N) is 2. The number of aryl methyl sites for hydroxylation is 1. The molecule has 0 radical (unpaired) electrons.